The van der Waals surface area contributed by atoms with E-state index in [1.54, 1.807) is 31.3 Å². The van der Waals surface area contributed by atoms with Gasteiger partial charge in [0.1, 0.15) is 6.10 Å². The third-order valence-corrected chi connectivity index (χ3v) is 8.39. The first-order valence-electron chi connectivity index (χ1n) is 14.2. The zero-order valence-corrected chi connectivity index (χ0v) is 24.7. The fourth-order valence-electron chi connectivity index (χ4n) is 4.69. The van der Waals surface area contributed by atoms with Crippen molar-refractivity contribution >= 4 is 33.4 Å². The minimum Gasteiger partial charge on any atom is -0.446 e. The number of likely N-dealkylation sites (tertiary alicyclic amines) is 1. The Bertz CT molecular complexity index is 1410. The monoisotopic (exact) mass is 593 g/mol. The number of hydrogen-bond donors (Lipinski definition) is 4. The van der Waals surface area contributed by atoms with E-state index in [2.05, 4.69) is 25.6 Å². The van der Waals surface area contributed by atoms with Crippen LogP contribution in [0.2, 0.25) is 0 Å². The maximum Gasteiger partial charge on any atom is 0.411 e. The summed E-state index contributed by atoms with van der Waals surface area (Å²) >= 11 is 0. The van der Waals surface area contributed by atoms with Gasteiger partial charge in [0.2, 0.25) is 15.9 Å². The molecule has 0 spiro atoms. The smallest absolute Gasteiger partial charge is 0.411 e. The predicted molar refractivity (Wildman–Crippen MR) is 166 cm³/mol. The highest BCUT2D eigenvalue weighted by atomic mass is 32.2. The molecular weight excluding hydrogens is 554 g/mol. The third kappa shape index (κ3) is 9.95. The quantitative estimate of drug-likeness (QED) is 0.236. The molecule has 1 aliphatic rings. The average Bonchev–Trinajstić information content (AvgIpc) is 3.00. The highest BCUT2D eigenvalue weighted by molar-refractivity contribution is 7.89. The number of amides is 2. The van der Waals surface area contributed by atoms with Gasteiger partial charge in [-0.2, -0.15) is 0 Å². The number of carbonyl (C=O) groups excluding carboxylic acids is 2. The third-order valence-electron chi connectivity index (χ3n) is 7.07. The molecule has 1 heterocycles. The van der Waals surface area contributed by atoms with Crippen molar-refractivity contribution in [2.75, 3.05) is 49.6 Å². The van der Waals surface area contributed by atoms with E-state index >= 15 is 0 Å². The summed E-state index contributed by atoms with van der Waals surface area (Å²) in [5.41, 5.74) is 4.12. The molecule has 1 aliphatic heterocycles. The molecule has 4 rings (SSSR count). The minimum atomic E-state index is -3.34. The van der Waals surface area contributed by atoms with Crippen LogP contribution in [-0.2, 0) is 26.1 Å². The Balaban J connectivity index is 1.14. The fourth-order valence-corrected chi connectivity index (χ4v) is 5.70. The van der Waals surface area contributed by atoms with Crippen LogP contribution in [0.5, 0.6) is 0 Å². The van der Waals surface area contributed by atoms with Gasteiger partial charge < -0.3 is 20.3 Å². The van der Waals surface area contributed by atoms with Crippen LogP contribution in [-0.4, -0.2) is 70.4 Å². The summed E-state index contributed by atoms with van der Waals surface area (Å²) in [7, 11) is -1.63. The van der Waals surface area contributed by atoms with E-state index in [0.29, 0.717) is 43.7 Å². The van der Waals surface area contributed by atoms with Crippen LogP contribution < -0.4 is 20.7 Å². The summed E-state index contributed by atoms with van der Waals surface area (Å²) in [6, 6.07) is 24.6. The standard InChI is InChI=1S/C31H39N5O5S/c1-32-18-22-42(39,40)33-23-24-11-13-26(14-12-24)34-30(37)17-21-36-19-15-27(16-20-36)41-31(38)35-29-10-6-5-9-28(29)25-7-3-2-4-8-25/h2-14,27,32-33H,15-23H2,1H3,(H,34,37)(H,35,38). The van der Waals surface area contributed by atoms with Gasteiger partial charge in [-0.1, -0.05) is 60.7 Å². The summed E-state index contributed by atoms with van der Waals surface area (Å²) in [6.45, 7) is 2.67. The topological polar surface area (TPSA) is 129 Å². The van der Waals surface area contributed by atoms with Crippen molar-refractivity contribution in [1.82, 2.24) is 14.9 Å². The Morgan fingerprint density at radius 3 is 2.31 bits per heavy atom. The number of piperidine rings is 1. The molecule has 11 heteroatoms. The van der Waals surface area contributed by atoms with Gasteiger partial charge in [-0.25, -0.2) is 17.9 Å². The number of hydrogen-bond acceptors (Lipinski definition) is 7. The Hall–Kier alpha value is -3.77. The zero-order chi connectivity index (χ0) is 29.8. The minimum absolute atomic E-state index is 0.0158. The SMILES string of the molecule is CNCCS(=O)(=O)NCc1ccc(NC(=O)CCN2CCC(OC(=O)Nc3ccccc3-c3ccccc3)CC2)cc1. The van der Waals surface area contributed by atoms with E-state index in [1.165, 1.54) is 0 Å². The van der Waals surface area contributed by atoms with Crippen LogP contribution >= 0.6 is 0 Å². The number of benzene rings is 3. The largest absolute Gasteiger partial charge is 0.446 e. The molecule has 1 fully saturated rings. The Kier molecular flexibility index (Phi) is 11.5. The second kappa shape index (κ2) is 15.5. The highest BCUT2D eigenvalue weighted by Gasteiger charge is 2.23. The van der Waals surface area contributed by atoms with Crippen molar-refractivity contribution in [2.45, 2.75) is 31.9 Å². The Morgan fingerprint density at radius 2 is 1.60 bits per heavy atom. The number of carbonyl (C=O) groups is 2. The van der Waals surface area contributed by atoms with Crippen molar-refractivity contribution in [1.29, 1.82) is 0 Å². The van der Waals surface area contributed by atoms with Gasteiger partial charge in [0.25, 0.3) is 0 Å². The summed E-state index contributed by atoms with van der Waals surface area (Å²) in [5, 5.41) is 8.61. The molecule has 0 atom stereocenters. The molecule has 224 valence electrons. The van der Waals surface area contributed by atoms with E-state index in [-0.39, 0.29) is 24.3 Å². The van der Waals surface area contributed by atoms with Gasteiger partial charge in [-0.05, 0) is 49.2 Å². The maximum absolute atomic E-state index is 12.6. The second-order valence-electron chi connectivity index (χ2n) is 10.2. The molecule has 0 aliphatic carbocycles. The lowest BCUT2D eigenvalue weighted by Crippen LogP contribution is -2.39. The number of nitrogens with zero attached hydrogens (tertiary/aromatic N) is 1. The van der Waals surface area contributed by atoms with Crippen molar-refractivity contribution in [3.8, 4) is 11.1 Å². The molecule has 2 amide bonds. The molecule has 4 N–H and O–H groups in total. The molecular formula is C31H39N5O5S. The summed E-state index contributed by atoms with van der Waals surface area (Å²) in [4.78, 5) is 27.3. The summed E-state index contributed by atoms with van der Waals surface area (Å²) in [6.07, 6.45) is 1.11. The van der Waals surface area contributed by atoms with Gasteiger partial charge >= 0.3 is 6.09 Å². The van der Waals surface area contributed by atoms with Crippen LogP contribution in [0.3, 0.4) is 0 Å². The van der Waals surface area contributed by atoms with Crippen LogP contribution in [0.25, 0.3) is 11.1 Å². The van der Waals surface area contributed by atoms with Gasteiger partial charge in [0.15, 0.2) is 0 Å². The molecule has 3 aromatic carbocycles. The first-order valence-corrected chi connectivity index (χ1v) is 15.8. The lowest BCUT2D eigenvalue weighted by atomic mass is 10.0. The first kappa shape index (κ1) is 31.2. The average molecular weight is 594 g/mol. The lowest BCUT2D eigenvalue weighted by molar-refractivity contribution is -0.116. The van der Waals surface area contributed by atoms with Crippen molar-refractivity contribution in [3.63, 3.8) is 0 Å². The van der Waals surface area contributed by atoms with Crippen molar-refractivity contribution in [2.24, 2.45) is 0 Å². The van der Waals surface area contributed by atoms with Gasteiger partial charge in [-0.3, -0.25) is 10.1 Å². The van der Waals surface area contributed by atoms with E-state index in [1.807, 2.05) is 54.6 Å². The molecule has 10 nitrogen and oxygen atoms in total. The first-order chi connectivity index (χ1) is 20.3. The molecule has 0 bridgehead atoms. The fraction of sp³-hybridized carbons (Fsp3) is 0.355. The van der Waals surface area contributed by atoms with Crippen LogP contribution in [0.4, 0.5) is 16.2 Å². The zero-order valence-electron chi connectivity index (χ0n) is 23.8. The van der Waals surface area contributed by atoms with E-state index in [0.717, 1.165) is 29.8 Å². The molecule has 3 aromatic rings. The van der Waals surface area contributed by atoms with Crippen molar-refractivity contribution in [3.05, 3.63) is 84.4 Å². The number of sulfonamides is 1. The molecule has 0 radical (unpaired) electrons. The van der Waals surface area contributed by atoms with Crippen LogP contribution in [0, 0.1) is 0 Å². The molecule has 0 saturated carbocycles. The Morgan fingerprint density at radius 1 is 0.905 bits per heavy atom. The number of nitrogens with one attached hydrogen (secondary N) is 4. The maximum atomic E-state index is 12.6. The summed E-state index contributed by atoms with van der Waals surface area (Å²) in [5.74, 6) is -0.0765. The number of para-hydroxylation sites is 1. The predicted octanol–water partition coefficient (Wildman–Crippen LogP) is 4.03. The normalized spacial score (nSPS) is 14.3. The number of anilines is 2. The highest BCUT2D eigenvalue weighted by Crippen LogP contribution is 2.28. The summed E-state index contributed by atoms with van der Waals surface area (Å²) < 4.78 is 32.1. The molecule has 42 heavy (non-hydrogen) atoms. The molecule has 1 saturated heterocycles. The van der Waals surface area contributed by atoms with Crippen LogP contribution in [0.1, 0.15) is 24.8 Å². The second-order valence-corrected chi connectivity index (χ2v) is 12.1. The number of rotatable bonds is 13. The van der Waals surface area contributed by atoms with Gasteiger partial charge in [-0.15, -0.1) is 0 Å². The van der Waals surface area contributed by atoms with Gasteiger partial charge in [0, 0.05) is 50.4 Å². The molecule has 0 unspecified atom stereocenters. The van der Waals surface area contributed by atoms with Crippen molar-refractivity contribution < 1.29 is 22.7 Å². The Labute approximate surface area is 247 Å². The number of ether oxygens (including phenoxy) is 1. The van der Waals surface area contributed by atoms with Crippen LogP contribution in [0.15, 0.2) is 78.9 Å². The van der Waals surface area contributed by atoms with E-state index in [4.69, 9.17) is 4.74 Å². The lowest BCUT2D eigenvalue weighted by Gasteiger charge is -2.31. The molecule has 0 aromatic heterocycles. The van der Waals surface area contributed by atoms with Gasteiger partial charge in [0.05, 0.1) is 11.4 Å². The van der Waals surface area contributed by atoms with E-state index in [9.17, 15) is 18.0 Å². The van der Waals surface area contributed by atoms with E-state index < -0.39 is 16.1 Å².